The van der Waals surface area contributed by atoms with Crippen LogP contribution in [0.5, 0.6) is 0 Å². The lowest BCUT2D eigenvalue weighted by atomic mass is 10.1. The Balaban J connectivity index is 1.67. The highest BCUT2D eigenvalue weighted by Crippen LogP contribution is 2.14. The summed E-state index contributed by atoms with van der Waals surface area (Å²) >= 11 is 0. The number of benzene rings is 1. The molecule has 2 aromatic rings. The van der Waals surface area contributed by atoms with Gasteiger partial charge in [-0.25, -0.2) is 9.18 Å². The Kier molecular flexibility index (Phi) is 4.70. The number of aromatic carboxylic acids is 1. The molecule has 1 aromatic heterocycles. The minimum absolute atomic E-state index is 0.113. The summed E-state index contributed by atoms with van der Waals surface area (Å²) in [5.74, 6) is -2.34. The zero-order valence-corrected chi connectivity index (χ0v) is 14.1. The van der Waals surface area contributed by atoms with Gasteiger partial charge in [-0.15, -0.1) is 0 Å². The van der Waals surface area contributed by atoms with E-state index in [4.69, 9.17) is 0 Å². The van der Waals surface area contributed by atoms with E-state index < -0.39 is 17.7 Å². The molecule has 8 nitrogen and oxygen atoms in total. The molecule has 0 aliphatic carbocycles. The van der Waals surface area contributed by atoms with Crippen molar-refractivity contribution >= 4 is 17.8 Å². The first kappa shape index (κ1) is 17.6. The lowest BCUT2D eigenvalue weighted by molar-refractivity contribution is 0.0528. The van der Waals surface area contributed by atoms with Crippen LogP contribution in [-0.2, 0) is 7.05 Å². The van der Waals surface area contributed by atoms with Gasteiger partial charge >= 0.3 is 5.97 Å². The van der Waals surface area contributed by atoms with E-state index in [-0.39, 0.29) is 30.3 Å². The third kappa shape index (κ3) is 3.41. The van der Waals surface area contributed by atoms with Gasteiger partial charge in [0.1, 0.15) is 11.4 Å². The molecule has 0 bridgehead atoms. The van der Waals surface area contributed by atoms with Gasteiger partial charge in [-0.3, -0.25) is 14.3 Å². The largest absolute Gasteiger partial charge is 0.478 e. The van der Waals surface area contributed by atoms with E-state index in [9.17, 15) is 23.9 Å². The van der Waals surface area contributed by atoms with Crippen molar-refractivity contribution in [1.29, 1.82) is 0 Å². The molecule has 2 amide bonds. The first-order valence-electron chi connectivity index (χ1n) is 7.98. The van der Waals surface area contributed by atoms with Gasteiger partial charge in [-0.05, 0) is 24.3 Å². The molecule has 136 valence electrons. The number of hydrogen-bond acceptors (Lipinski definition) is 4. The first-order chi connectivity index (χ1) is 12.4. The van der Waals surface area contributed by atoms with Gasteiger partial charge in [0.15, 0.2) is 5.69 Å². The average Bonchev–Trinajstić information content (AvgIpc) is 3.03. The minimum Gasteiger partial charge on any atom is -0.478 e. The number of carboxylic acid groups (broad SMARTS) is 1. The van der Waals surface area contributed by atoms with Crippen LogP contribution in [0.3, 0.4) is 0 Å². The van der Waals surface area contributed by atoms with Gasteiger partial charge in [0.05, 0.1) is 0 Å². The van der Waals surface area contributed by atoms with Crippen molar-refractivity contribution in [2.45, 2.75) is 0 Å². The summed E-state index contributed by atoms with van der Waals surface area (Å²) in [6.45, 7) is 1.14. The summed E-state index contributed by atoms with van der Waals surface area (Å²) in [5.41, 5.74) is 0.115. The number of amides is 2. The number of piperazine rings is 1. The van der Waals surface area contributed by atoms with Crippen LogP contribution in [0, 0.1) is 5.82 Å². The van der Waals surface area contributed by atoms with E-state index in [2.05, 4.69) is 5.10 Å². The molecule has 1 saturated heterocycles. The molecular weight excluding hydrogens is 343 g/mol. The lowest BCUT2D eigenvalue weighted by Gasteiger charge is -2.34. The Morgan fingerprint density at radius 1 is 1.00 bits per heavy atom. The van der Waals surface area contributed by atoms with Crippen LogP contribution < -0.4 is 0 Å². The maximum Gasteiger partial charge on any atom is 0.339 e. The fourth-order valence-corrected chi connectivity index (χ4v) is 2.84. The molecule has 26 heavy (non-hydrogen) atoms. The summed E-state index contributed by atoms with van der Waals surface area (Å²) in [4.78, 5) is 39.3. The number of aryl methyl sites for hydroxylation is 1. The standard InChI is InChI=1S/C17H17FN4O4/c1-20-10-13(17(25)26)14(19-20)16(24)22-8-6-21(7-9-22)15(23)11-2-4-12(18)5-3-11/h2-5,10H,6-9H2,1H3,(H,25,26). The van der Waals surface area contributed by atoms with E-state index in [0.717, 1.165) is 0 Å². The van der Waals surface area contributed by atoms with Crippen LogP contribution in [0.25, 0.3) is 0 Å². The van der Waals surface area contributed by atoms with E-state index in [1.54, 1.807) is 11.9 Å². The van der Waals surface area contributed by atoms with Crippen molar-refractivity contribution in [2.75, 3.05) is 26.2 Å². The fraction of sp³-hybridized carbons (Fsp3) is 0.294. The predicted octanol–water partition coefficient (Wildman–Crippen LogP) is 0.856. The molecule has 2 heterocycles. The highest BCUT2D eigenvalue weighted by Gasteiger charge is 2.29. The van der Waals surface area contributed by atoms with Gasteiger partial charge in [0.2, 0.25) is 0 Å². The number of nitrogens with zero attached hydrogens (tertiary/aromatic N) is 4. The number of aromatic nitrogens is 2. The monoisotopic (exact) mass is 360 g/mol. The topological polar surface area (TPSA) is 95.7 Å². The van der Waals surface area contributed by atoms with E-state index in [1.165, 1.54) is 40.0 Å². The third-order valence-corrected chi connectivity index (χ3v) is 4.21. The maximum absolute atomic E-state index is 13.0. The van der Waals surface area contributed by atoms with Crippen LogP contribution in [-0.4, -0.2) is 68.6 Å². The van der Waals surface area contributed by atoms with Crippen molar-refractivity contribution in [2.24, 2.45) is 7.05 Å². The predicted molar refractivity (Wildman–Crippen MR) is 88.4 cm³/mol. The van der Waals surface area contributed by atoms with Crippen molar-refractivity contribution in [1.82, 2.24) is 19.6 Å². The normalized spacial score (nSPS) is 14.4. The van der Waals surface area contributed by atoms with Crippen LogP contribution >= 0.6 is 0 Å². The lowest BCUT2D eigenvalue weighted by Crippen LogP contribution is -2.50. The highest BCUT2D eigenvalue weighted by atomic mass is 19.1. The van der Waals surface area contributed by atoms with Gasteiger partial charge in [0, 0.05) is 45.0 Å². The smallest absolute Gasteiger partial charge is 0.339 e. The number of carbonyl (C=O) groups excluding carboxylic acids is 2. The Bertz CT molecular complexity index is 854. The summed E-state index contributed by atoms with van der Waals surface area (Å²) in [6, 6.07) is 5.29. The number of hydrogen-bond donors (Lipinski definition) is 1. The number of rotatable bonds is 3. The molecule has 1 aromatic carbocycles. The first-order valence-corrected chi connectivity index (χ1v) is 7.98. The van der Waals surface area contributed by atoms with Crippen LogP contribution in [0.4, 0.5) is 4.39 Å². The molecule has 9 heteroatoms. The number of halogens is 1. The van der Waals surface area contributed by atoms with E-state index >= 15 is 0 Å². The molecule has 1 aliphatic heterocycles. The summed E-state index contributed by atoms with van der Waals surface area (Å²) in [5, 5.41) is 13.1. The molecule has 1 N–H and O–H groups in total. The second-order valence-corrected chi connectivity index (χ2v) is 5.96. The quantitative estimate of drug-likeness (QED) is 0.876. The van der Waals surface area contributed by atoms with Crippen LogP contribution in [0.2, 0.25) is 0 Å². The fourth-order valence-electron chi connectivity index (χ4n) is 2.84. The zero-order chi connectivity index (χ0) is 18.8. The SMILES string of the molecule is Cn1cc(C(=O)O)c(C(=O)N2CCN(C(=O)c3ccc(F)cc3)CC2)n1. The molecule has 0 spiro atoms. The van der Waals surface area contributed by atoms with Crippen molar-refractivity contribution in [3.8, 4) is 0 Å². The second kappa shape index (κ2) is 6.95. The third-order valence-electron chi connectivity index (χ3n) is 4.21. The van der Waals surface area contributed by atoms with Crippen LogP contribution in [0.15, 0.2) is 30.5 Å². The molecule has 3 rings (SSSR count). The highest BCUT2D eigenvalue weighted by molar-refractivity contribution is 6.03. The molecule has 0 atom stereocenters. The molecule has 0 radical (unpaired) electrons. The van der Waals surface area contributed by atoms with Gasteiger partial charge < -0.3 is 14.9 Å². The number of carboxylic acids is 1. The number of carbonyl (C=O) groups is 3. The second-order valence-electron chi connectivity index (χ2n) is 5.96. The molecule has 0 unspecified atom stereocenters. The summed E-state index contributed by atoms with van der Waals surface area (Å²) in [6.07, 6.45) is 1.28. The summed E-state index contributed by atoms with van der Waals surface area (Å²) < 4.78 is 14.2. The molecule has 0 saturated carbocycles. The van der Waals surface area contributed by atoms with Gasteiger partial charge in [0.25, 0.3) is 11.8 Å². The Morgan fingerprint density at radius 2 is 1.54 bits per heavy atom. The van der Waals surface area contributed by atoms with E-state index in [0.29, 0.717) is 18.7 Å². The van der Waals surface area contributed by atoms with Crippen molar-refractivity contribution < 1.29 is 23.9 Å². The molecule has 1 fully saturated rings. The van der Waals surface area contributed by atoms with Crippen molar-refractivity contribution in [3.05, 3.63) is 53.1 Å². The Hall–Kier alpha value is -3.23. The molecule has 1 aliphatic rings. The minimum atomic E-state index is -1.22. The summed E-state index contributed by atoms with van der Waals surface area (Å²) in [7, 11) is 1.54. The van der Waals surface area contributed by atoms with Gasteiger partial charge in [-0.1, -0.05) is 0 Å². The van der Waals surface area contributed by atoms with Crippen molar-refractivity contribution in [3.63, 3.8) is 0 Å². The Labute approximate surface area is 148 Å². The molecular formula is C17H17FN4O4. The van der Waals surface area contributed by atoms with E-state index in [1.807, 2.05) is 0 Å². The average molecular weight is 360 g/mol. The Morgan fingerprint density at radius 3 is 2.08 bits per heavy atom. The maximum atomic E-state index is 13.0. The van der Waals surface area contributed by atoms with Gasteiger partial charge in [-0.2, -0.15) is 5.10 Å². The zero-order valence-electron chi connectivity index (χ0n) is 14.1. The van der Waals surface area contributed by atoms with Crippen LogP contribution in [0.1, 0.15) is 31.2 Å².